The van der Waals surface area contributed by atoms with Crippen LogP contribution < -0.4 is 5.32 Å². The smallest absolute Gasteiger partial charge is 0.328 e. The van der Waals surface area contributed by atoms with Crippen molar-refractivity contribution in [1.82, 2.24) is 0 Å². The van der Waals surface area contributed by atoms with E-state index in [4.69, 9.17) is 15.1 Å². The van der Waals surface area contributed by atoms with E-state index in [2.05, 4.69) is 5.32 Å². The zero-order valence-electron chi connectivity index (χ0n) is 9.99. The first-order valence-corrected chi connectivity index (χ1v) is 5.17. The van der Waals surface area contributed by atoms with Crippen LogP contribution >= 0.6 is 0 Å². The van der Waals surface area contributed by atoms with Crippen LogP contribution in [-0.4, -0.2) is 35.8 Å². The number of ether oxygens (including phenoxy) is 1. The molecule has 0 fully saturated rings. The summed E-state index contributed by atoms with van der Waals surface area (Å²) in [6, 6.07) is 4.61. The van der Waals surface area contributed by atoms with Gasteiger partial charge in [0, 0.05) is 7.11 Å². The van der Waals surface area contributed by atoms with Gasteiger partial charge in [0.15, 0.2) is 0 Å². The normalized spacial score (nSPS) is 11.4. The second-order valence-corrected chi connectivity index (χ2v) is 3.56. The van der Waals surface area contributed by atoms with E-state index in [-0.39, 0.29) is 17.9 Å². The molecule has 19 heavy (non-hydrogen) atoms. The molecule has 8 nitrogen and oxygen atoms in total. The van der Waals surface area contributed by atoms with E-state index in [0.717, 1.165) is 0 Å². The van der Waals surface area contributed by atoms with Gasteiger partial charge in [0.05, 0.1) is 11.5 Å². The van der Waals surface area contributed by atoms with Crippen LogP contribution in [0.1, 0.15) is 5.56 Å². The molecule has 0 saturated carbocycles. The van der Waals surface area contributed by atoms with Gasteiger partial charge in [-0.1, -0.05) is 6.07 Å². The summed E-state index contributed by atoms with van der Waals surface area (Å²) >= 11 is 0. The van der Waals surface area contributed by atoms with Crippen LogP contribution in [0.3, 0.4) is 0 Å². The molecule has 0 aliphatic heterocycles. The van der Waals surface area contributed by atoms with Crippen LogP contribution in [0, 0.1) is 21.4 Å². The van der Waals surface area contributed by atoms with Crippen molar-refractivity contribution in [3.05, 3.63) is 33.9 Å². The average molecular weight is 265 g/mol. The summed E-state index contributed by atoms with van der Waals surface area (Å²) in [7, 11) is 1.32. The molecule has 1 unspecified atom stereocenters. The number of carboxylic acids is 1. The Bertz CT molecular complexity index is 538. The van der Waals surface area contributed by atoms with Crippen molar-refractivity contribution in [3.63, 3.8) is 0 Å². The molecule has 0 bridgehead atoms. The Morgan fingerprint density at radius 2 is 2.37 bits per heavy atom. The minimum atomic E-state index is -1.21. The number of rotatable bonds is 6. The van der Waals surface area contributed by atoms with Crippen molar-refractivity contribution in [2.75, 3.05) is 19.0 Å². The molecular weight excluding hydrogens is 254 g/mol. The van der Waals surface area contributed by atoms with E-state index in [1.807, 2.05) is 0 Å². The Hall–Kier alpha value is -2.66. The lowest BCUT2D eigenvalue weighted by Gasteiger charge is -2.14. The van der Waals surface area contributed by atoms with Crippen molar-refractivity contribution in [2.45, 2.75) is 6.04 Å². The highest BCUT2D eigenvalue weighted by molar-refractivity contribution is 5.80. The van der Waals surface area contributed by atoms with Gasteiger partial charge in [-0.15, -0.1) is 0 Å². The number of nitrogens with one attached hydrogen (secondary N) is 1. The number of nitro groups is 1. The van der Waals surface area contributed by atoms with Crippen LogP contribution in [0.2, 0.25) is 0 Å². The van der Waals surface area contributed by atoms with E-state index in [9.17, 15) is 14.9 Å². The summed E-state index contributed by atoms with van der Waals surface area (Å²) in [5, 5.41) is 31.2. The van der Waals surface area contributed by atoms with Crippen molar-refractivity contribution in [2.24, 2.45) is 0 Å². The number of nitrogens with zero attached hydrogens (tertiary/aromatic N) is 2. The fourth-order valence-electron chi connectivity index (χ4n) is 1.48. The summed E-state index contributed by atoms with van der Waals surface area (Å²) in [6.45, 7) is -0.163. The maximum atomic E-state index is 11.0. The molecule has 0 radical (unpaired) electrons. The zero-order valence-corrected chi connectivity index (χ0v) is 9.99. The number of benzene rings is 1. The van der Waals surface area contributed by atoms with Crippen LogP contribution in [0.4, 0.5) is 11.4 Å². The highest BCUT2D eigenvalue weighted by Gasteiger charge is 2.24. The number of carbonyl (C=O) groups is 1. The van der Waals surface area contributed by atoms with Crippen LogP contribution in [0.5, 0.6) is 0 Å². The minimum Gasteiger partial charge on any atom is -0.480 e. The van der Waals surface area contributed by atoms with Crippen molar-refractivity contribution in [1.29, 1.82) is 5.26 Å². The number of hydrogen-bond acceptors (Lipinski definition) is 6. The Morgan fingerprint density at radius 1 is 1.68 bits per heavy atom. The van der Waals surface area contributed by atoms with Gasteiger partial charge in [0.2, 0.25) is 0 Å². The second kappa shape index (κ2) is 6.32. The van der Waals surface area contributed by atoms with E-state index in [1.54, 1.807) is 6.07 Å². The number of aliphatic carboxylic acids is 1. The lowest BCUT2D eigenvalue weighted by atomic mass is 10.1. The van der Waals surface area contributed by atoms with Gasteiger partial charge in [-0.25, -0.2) is 4.79 Å². The van der Waals surface area contributed by atoms with Gasteiger partial charge in [0.1, 0.15) is 23.4 Å². The molecule has 0 aromatic heterocycles. The highest BCUT2D eigenvalue weighted by Crippen LogP contribution is 2.28. The predicted octanol–water partition coefficient (Wildman–Crippen LogP) is 0.978. The van der Waals surface area contributed by atoms with E-state index < -0.39 is 22.6 Å². The van der Waals surface area contributed by atoms with Crippen LogP contribution in [0.15, 0.2) is 18.2 Å². The minimum absolute atomic E-state index is 0.0338. The van der Waals surface area contributed by atoms with Crippen molar-refractivity contribution < 1.29 is 19.6 Å². The van der Waals surface area contributed by atoms with Crippen molar-refractivity contribution in [3.8, 4) is 6.07 Å². The third-order valence-electron chi connectivity index (χ3n) is 2.30. The summed E-state index contributed by atoms with van der Waals surface area (Å²) in [5.41, 5.74) is -0.627. The number of carboxylic acid groups (broad SMARTS) is 1. The van der Waals surface area contributed by atoms with Crippen molar-refractivity contribution >= 4 is 17.3 Å². The van der Waals surface area contributed by atoms with E-state index >= 15 is 0 Å². The number of nitro benzene ring substituents is 1. The largest absolute Gasteiger partial charge is 0.480 e. The molecular formula is C11H11N3O5. The average Bonchev–Trinajstić information content (AvgIpc) is 2.37. The van der Waals surface area contributed by atoms with Gasteiger partial charge < -0.3 is 15.2 Å². The number of nitriles is 1. The number of hydrogen-bond donors (Lipinski definition) is 2. The van der Waals surface area contributed by atoms with Gasteiger partial charge >= 0.3 is 11.7 Å². The molecule has 1 aromatic rings. The summed E-state index contributed by atoms with van der Waals surface area (Å²) < 4.78 is 4.72. The second-order valence-electron chi connectivity index (χ2n) is 3.56. The first-order chi connectivity index (χ1) is 9.01. The molecule has 0 aliphatic carbocycles. The van der Waals surface area contributed by atoms with Crippen LogP contribution in [-0.2, 0) is 9.53 Å². The molecule has 2 N–H and O–H groups in total. The molecule has 0 amide bonds. The van der Waals surface area contributed by atoms with Crippen LogP contribution in [0.25, 0.3) is 0 Å². The van der Waals surface area contributed by atoms with Gasteiger partial charge in [-0.2, -0.15) is 5.26 Å². The van der Waals surface area contributed by atoms with Gasteiger partial charge in [-0.05, 0) is 12.1 Å². The maximum Gasteiger partial charge on any atom is 0.328 e. The molecule has 0 spiro atoms. The Morgan fingerprint density at radius 3 is 2.84 bits per heavy atom. The first-order valence-electron chi connectivity index (χ1n) is 5.17. The standard InChI is InChI=1S/C11H11N3O5/c1-19-6-9(11(15)16)13-8-4-2-3-7(5-12)10(8)14(17)18/h2-4,9,13H,6H2,1H3,(H,15,16). The third-order valence-corrected chi connectivity index (χ3v) is 2.30. The SMILES string of the molecule is COCC(Nc1cccc(C#N)c1[N+](=O)[O-])C(=O)O. The quantitative estimate of drug-likeness (QED) is 0.579. The Labute approximate surface area is 108 Å². The lowest BCUT2D eigenvalue weighted by Crippen LogP contribution is -2.33. The lowest BCUT2D eigenvalue weighted by molar-refractivity contribution is -0.384. The monoisotopic (exact) mass is 265 g/mol. The summed E-state index contributed by atoms with van der Waals surface area (Å²) in [4.78, 5) is 21.2. The molecule has 0 saturated heterocycles. The van der Waals surface area contributed by atoms with E-state index in [0.29, 0.717) is 0 Å². The van der Waals surface area contributed by atoms with Gasteiger partial charge in [0.25, 0.3) is 0 Å². The summed E-state index contributed by atoms with van der Waals surface area (Å²) in [5.74, 6) is -1.21. The van der Waals surface area contributed by atoms with Gasteiger partial charge in [-0.3, -0.25) is 10.1 Å². The molecule has 1 aromatic carbocycles. The number of anilines is 1. The topological polar surface area (TPSA) is 125 Å². The molecule has 100 valence electrons. The third kappa shape index (κ3) is 3.40. The summed E-state index contributed by atoms with van der Waals surface area (Å²) in [6.07, 6.45) is 0. The Kier molecular flexibility index (Phi) is 4.79. The van der Waals surface area contributed by atoms with E-state index in [1.165, 1.54) is 25.3 Å². The molecule has 0 aliphatic rings. The number of para-hydroxylation sites is 1. The highest BCUT2D eigenvalue weighted by atomic mass is 16.6. The molecule has 1 rings (SSSR count). The molecule has 1 atom stereocenters. The first kappa shape index (κ1) is 14.4. The molecule has 8 heteroatoms. The fourth-order valence-corrected chi connectivity index (χ4v) is 1.48. The molecule has 0 heterocycles. The fraction of sp³-hybridized carbons (Fsp3) is 0.273. The Balaban J connectivity index is 3.17. The maximum absolute atomic E-state index is 11.0. The zero-order chi connectivity index (χ0) is 14.4. The number of methoxy groups -OCH3 is 1. The predicted molar refractivity (Wildman–Crippen MR) is 64.7 cm³/mol.